The lowest BCUT2D eigenvalue weighted by molar-refractivity contribution is 0.0951. The van der Waals surface area contributed by atoms with Gasteiger partial charge in [0.2, 0.25) is 0 Å². The molecule has 0 saturated carbocycles. The molecule has 0 atom stereocenters. The number of anilines is 1. The van der Waals surface area contributed by atoms with E-state index in [9.17, 15) is 4.79 Å². The van der Waals surface area contributed by atoms with Gasteiger partial charge >= 0.3 is 0 Å². The van der Waals surface area contributed by atoms with Crippen LogP contribution in [0.1, 0.15) is 35.7 Å². The van der Waals surface area contributed by atoms with Crippen molar-refractivity contribution in [1.82, 2.24) is 10.3 Å². The Bertz CT molecular complexity index is 960. The largest absolute Gasteiger partial charge is 0.497 e. The van der Waals surface area contributed by atoms with Crippen LogP contribution in [-0.2, 0) is 6.54 Å². The number of thiazole rings is 1. The maximum atomic E-state index is 12.6. The Kier molecular flexibility index (Phi) is 5.48. The highest BCUT2D eigenvalue weighted by atomic mass is 32.1. The summed E-state index contributed by atoms with van der Waals surface area (Å²) in [6.07, 6.45) is 2.43. The number of nitrogens with zero attached hydrogens (tertiary/aromatic N) is 2. The van der Waals surface area contributed by atoms with E-state index < -0.39 is 0 Å². The van der Waals surface area contributed by atoms with E-state index in [4.69, 9.17) is 9.72 Å². The molecule has 1 saturated heterocycles. The van der Waals surface area contributed by atoms with Crippen molar-refractivity contribution in [2.24, 2.45) is 5.92 Å². The van der Waals surface area contributed by atoms with Gasteiger partial charge in [-0.25, -0.2) is 4.98 Å². The molecule has 1 amide bonds. The van der Waals surface area contributed by atoms with Crippen LogP contribution in [0.2, 0.25) is 0 Å². The van der Waals surface area contributed by atoms with Crippen molar-refractivity contribution in [3.8, 4) is 5.75 Å². The molecule has 5 nitrogen and oxygen atoms in total. The second kappa shape index (κ2) is 8.19. The van der Waals surface area contributed by atoms with Gasteiger partial charge in [-0.05, 0) is 54.7 Å². The van der Waals surface area contributed by atoms with Crippen molar-refractivity contribution in [2.45, 2.75) is 26.3 Å². The number of carbonyl (C=O) groups excluding carboxylic acids is 1. The molecule has 2 aromatic carbocycles. The Balaban J connectivity index is 1.43. The third-order valence-corrected chi connectivity index (χ3v) is 6.38. The minimum absolute atomic E-state index is 0.0699. The van der Waals surface area contributed by atoms with Crippen LogP contribution in [0, 0.1) is 5.92 Å². The van der Waals surface area contributed by atoms with Crippen molar-refractivity contribution < 1.29 is 9.53 Å². The summed E-state index contributed by atoms with van der Waals surface area (Å²) >= 11 is 1.68. The average molecular weight is 396 g/mol. The summed E-state index contributed by atoms with van der Waals surface area (Å²) < 4.78 is 6.22. The molecule has 0 spiro atoms. The van der Waals surface area contributed by atoms with Crippen molar-refractivity contribution in [1.29, 1.82) is 0 Å². The van der Waals surface area contributed by atoms with E-state index in [0.29, 0.717) is 12.1 Å². The number of methoxy groups -OCH3 is 1. The van der Waals surface area contributed by atoms with Crippen LogP contribution in [0.25, 0.3) is 10.2 Å². The topological polar surface area (TPSA) is 54.5 Å². The van der Waals surface area contributed by atoms with Gasteiger partial charge in [-0.2, -0.15) is 0 Å². The van der Waals surface area contributed by atoms with Crippen LogP contribution in [0.15, 0.2) is 42.5 Å². The molecule has 0 unspecified atom stereocenters. The highest BCUT2D eigenvalue weighted by Gasteiger charge is 2.19. The first-order valence-electron chi connectivity index (χ1n) is 9.69. The van der Waals surface area contributed by atoms with Gasteiger partial charge in [-0.15, -0.1) is 0 Å². The molecule has 2 heterocycles. The van der Waals surface area contributed by atoms with E-state index in [0.717, 1.165) is 45.7 Å². The maximum absolute atomic E-state index is 12.6. The zero-order valence-corrected chi connectivity index (χ0v) is 17.1. The standard InChI is InChI=1S/C22H25N3O2S/c1-15-9-11-25(12-10-15)22-24-19-8-5-17(13-20(19)28-22)21(26)23-14-16-3-6-18(27-2)7-4-16/h3-8,13,15H,9-12,14H2,1-2H3,(H,23,26). The van der Waals surface area contributed by atoms with Crippen LogP contribution in [0.3, 0.4) is 0 Å². The van der Waals surface area contributed by atoms with Gasteiger partial charge in [0.25, 0.3) is 5.91 Å². The molecular weight excluding hydrogens is 370 g/mol. The second-order valence-electron chi connectivity index (χ2n) is 7.38. The van der Waals surface area contributed by atoms with E-state index in [2.05, 4.69) is 17.1 Å². The number of carbonyl (C=O) groups is 1. The summed E-state index contributed by atoms with van der Waals surface area (Å²) in [5, 5.41) is 4.05. The normalized spacial score (nSPS) is 15.0. The molecule has 6 heteroatoms. The number of ether oxygens (including phenoxy) is 1. The summed E-state index contributed by atoms with van der Waals surface area (Å²) in [6.45, 7) is 4.93. The predicted octanol–water partition coefficient (Wildman–Crippen LogP) is 4.47. The number of amides is 1. The minimum atomic E-state index is -0.0699. The number of rotatable bonds is 5. The number of aromatic nitrogens is 1. The smallest absolute Gasteiger partial charge is 0.251 e. The molecule has 0 radical (unpaired) electrons. The van der Waals surface area contributed by atoms with Crippen LogP contribution in [-0.4, -0.2) is 31.1 Å². The van der Waals surface area contributed by atoms with E-state index in [1.165, 1.54) is 12.8 Å². The molecule has 28 heavy (non-hydrogen) atoms. The molecule has 0 aliphatic carbocycles. The van der Waals surface area contributed by atoms with Gasteiger partial charge < -0.3 is 15.0 Å². The number of benzene rings is 2. The summed E-state index contributed by atoms with van der Waals surface area (Å²) in [5.74, 6) is 1.54. The molecule has 1 aliphatic rings. The molecule has 1 aliphatic heterocycles. The van der Waals surface area contributed by atoms with Gasteiger partial charge in [0.05, 0.1) is 17.3 Å². The fourth-order valence-electron chi connectivity index (χ4n) is 3.42. The first-order valence-corrected chi connectivity index (χ1v) is 10.5. The number of nitrogens with one attached hydrogen (secondary N) is 1. The number of piperidine rings is 1. The molecule has 1 aromatic heterocycles. The molecule has 0 bridgehead atoms. The van der Waals surface area contributed by atoms with E-state index in [-0.39, 0.29) is 5.91 Å². The second-order valence-corrected chi connectivity index (χ2v) is 8.39. The molecule has 146 valence electrons. The van der Waals surface area contributed by atoms with Crippen molar-refractivity contribution in [3.05, 3.63) is 53.6 Å². The Morgan fingerprint density at radius 1 is 1.21 bits per heavy atom. The molecule has 1 fully saturated rings. The zero-order valence-electron chi connectivity index (χ0n) is 16.3. The highest BCUT2D eigenvalue weighted by Crippen LogP contribution is 2.32. The quantitative estimate of drug-likeness (QED) is 0.692. The summed E-state index contributed by atoms with van der Waals surface area (Å²) in [4.78, 5) is 19.7. The van der Waals surface area contributed by atoms with Crippen LogP contribution in [0.4, 0.5) is 5.13 Å². The Morgan fingerprint density at radius 3 is 2.68 bits per heavy atom. The predicted molar refractivity (Wildman–Crippen MR) is 114 cm³/mol. The highest BCUT2D eigenvalue weighted by molar-refractivity contribution is 7.22. The lowest BCUT2D eigenvalue weighted by atomic mass is 10.00. The van der Waals surface area contributed by atoms with Crippen LogP contribution < -0.4 is 15.0 Å². The van der Waals surface area contributed by atoms with Gasteiger partial charge in [-0.3, -0.25) is 4.79 Å². The fraction of sp³-hybridized carbons (Fsp3) is 0.364. The minimum Gasteiger partial charge on any atom is -0.497 e. The summed E-state index contributed by atoms with van der Waals surface area (Å²) in [6, 6.07) is 13.5. The van der Waals surface area contributed by atoms with Crippen molar-refractivity contribution in [2.75, 3.05) is 25.1 Å². The number of hydrogen-bond acceptors (Lipinski definition) is 5. The number of fused-ring (bicyclic) bond motifs is 1. The molecule has 1 N–H and O–H groups in total. The molecule has 3 aromatic rings. The van der Waals surface area contributed by atoms with Gasteiger partial charge in [-0.1, -0.05) is 30.4 Å². The number of hydrogen-bond donors (Lipinski definition) is 1. The monoisotopic (exact) mass is 395 g/mol. The maximum Gasteiger partial charge on any atom is 0.251 e. The lowest BCUT2D eigenvalue weighted by Crippen LogP contribution is -2.32. The van der Waals surface area contributed by atoms with Crippen LogP contribution >= 0.6 is 11.3 Å². The van der Waals surface area contributed by atoms with E-state index >= 15 is 0 Å². The van der Waals surface area contributed by atoms with E-state index in [1.807, 2.05) is 42.5 Å². The SMILES string of the molecule is COc1ccc(CNC(=O)c2ccc3nc(N4CCC(C)CC4)sc3c2)cc1. The fourth-order valence-corrected chi connectivity index (χ4v) is 4.47. The Hall–Kier alpha value is -2.60. The van der Waals surface area contributed by atoms with E-state index in [1.54, 1.807) is 18.4 Å². The summed E-state index contributed by atoms with van der Waals surface area (Å²) in [7, 11) is 1.64. The summed E-state index contributed by atoms with van der Waals surface area (Å²) in [5.41, 5.74) is 2.67. The van der Waals surface area contributed by atoms with Gasteiger partial charge in [0.1, 0.15) is 5.75 Å². The van der Waals surface area contributed by atoms with Crippen LogP contribution in [0.5, 0.6) is 5.75 Å². The molecule has 4 rings (SSSR count). The third-order valence-electron chi connectivity index (χ3n) is 5.31. The molecular formula is C22H25N3O2S. The average Bonchev–Trinajstić information content (AvgIpc) is 3.16. The van der Waals surface area contributed by atoms with Gasteiger partial charge in [0, 0.05) is 25.2 Å². The zero-order chi connectivity index (χ0) is 19.5. The lowest BCUT2D eigenvalue weighted by Gasteiger charge is -2.29. The third kappa shape index (κ3) is 4.12. The first-order chi connectivity index (χ1) is 13.6. The van der Waals surface area contributed by atoms with Crippen molar-refractivity contribution >= 4 is 32.6 Å². The Labute approximate surface area is 169 Å². The van der Waals surface area contributed by atoms with Gasteiger partial charge in [0.15, 0.2) is 5.13 Å². The Morgan fingerprint density at radius 2 is 1.96 bits per heavy atom. The first kappa shape index (κ1) is 18.7. The van der Waals surface area contributed by atoms with Crippen molar-refractivity contribution in [3.63, 3.8) is 0 Å².